The summed E-state index contributed by atoms with van der Waals surface area (Å²) in [6.07, 6.45) is 9.59. The molecule has 4 aliphatic heterocycles. The van der Waals surface area contributed by atoms with Crippen LogP contribution in [0.4, 0.5) is 11.4 Å². The minimum atomic E-state index is -0.890. The summed E-state index contributed by atoms with van der Waals surface area (Å²) in [6, 6.07) is 6.73. The van der Waals surface area contributed by atoms with Gasteiger partial charge in [-0.25, -0.2) is 0 Å². The second-order valence-electron chi connectivity index (χ2n) is 12.3. The van der Waals surface area contributed by atoms with Gasteiger partial charge in [-0.15, -0.1) is 11.8 Å². The van der Waals surface area contributed by atoms with E-state index in [-0.39, 0.29) is 35.5 Å². The molecule has 0 saturated carbocycles. The lowest BCUT2D eigenvalue weighted by Gasteiger charge is -2.39. The Kier molecular flexibility index (Phi) is 9.09. The molecule has 1 N–H and O–H groups in total. The fourth-order valence-electron chi connectivity index (χ4n) is 7.48. The van der Waals surface area contributed by atoms with Crippen LogP contribution in [-0.4, -0.2) is 94.0 Å². The number of thioether (sulfide) groups is 1. The maximum Gasteiger partial charge on any atom is 0.251 e. The number of hydrogen-bond acceptors (Lipinski definition) is 6. The van der Waals surface area contributed by atoms with E-state index in [4.69, 9.17) is 0 Å². The van der Waals surface area contributed by atoms with Gasteiger partial charge in [-0.1, -0.05) is 45.1 Å². The molecule has 1 aromatic carbocycles. The molecule has 228 valence electrons. The van der Waals surface area contributed by atoms with Crippen molar-refractivity contribution in [3.8, 4) is 0 Å². The Hall–Kier alpha value is -2.78. The van der Waals surface area contributed by atoms with Gasteiger partial charge in [0, 0.05) is 49.3 Å². The van der Waals surface area contributed by atoms with Crippen molar-refractivity contribution < 1.29 is 19.5 Å². The number of fused-ring (bicyclic) bond motifs is 2. The fraction of sp³-hybridized carbons (Fsp3) is 0.606. The number of rotatable bonds is 10. The first kappa shape index (κ1) is 30.7. The Morgan fingerprint density at radius 3 is 2.33 bits per heavy atom. The van der Waals surface area contributed by atoms with E-state index in [1.165, 1.54) is 0 Å². The van der Waals surface area contributed by atoms with Crippen LogP contribution in [0, 0.1) is 17.8 Å². The Balaban J connectivity index is 1.59. The van der Waals surface area contributed by atoms with Crippen LogP contribution >= 0.6 is 11.8 Å². The Labute approximate surface area is 254 Å². The summed E-state index contributed by atoms with van der Waals surface area (Å²) < 4.78 is -0.890. The highest BCUT2D eigenvalue weighted by atomic mass is 32.2. The van der Waals surface area contributed by atoms with Crippen LogP contribution in [0.3, 0.4) is 0 Å². The van der Waals surface area contributed by atoms with Crippen molar-refractivity contribution in [1.29, 1.82) is 0 Å². The van der Waals surface area contributed by atoms with Gasteiger partial charge < -0.3 is 24.7 Å². The molecular weight excluding hydrogens is 548 g/mol. The van der Waals surface area contributed by atoms with Crippen LogP contribution in [0.15, 0.2) is 48.6 Å². The molecule has 6 atom stereocenters. The quantitative estimate of drug-likeness (QED) is 0.413. The highest BCUT2D eigenvalue weighted by molar-refractivity contribution is 8.02. The molecule has 8 nitrogen and oxygen atoms in total. The molecule has 0 aromatic heterocycles. The van der Waals surface area contributed by atoms with Crippen molar-refractivity contribution in [2.75, 3.05) is 49.1 Å². The van der Waals surface area contributed by atoms with Crippen molar-refractivity contribution in [3.05, 3.63) is 48.6 Å². The first-order valence-electron chi connectivity index (χ1n) is 15.6. The lowest BCUT2D eigenvalue weighted by molar-refractivity contribution is -0.144. The van der Waals surface area contributed by atoms with Gasteiger partial charge in [0.15, 0.2) is 0 Å². The third-order valence-electron chi connectivity index (χ3n) is 9.31. The SMILES string of the molecule is CCCN1CC=C[C@@H]2S[C@]34C=CCN(c5ccc(N(CC)CC)cc5)C(=O)C3N([C@@H](CO)CC(C)C)C(=O)[C@@H]4[C@@H]2C1=O. The molecule has 4 heterocycles. The number of carbonyl (C=O) groups is 3. The maximum atomic E-state index is 14.8. The molecule has 2 saturated heterocycles. The number of aliphatic hydroxyl groups is 1. The molecule has 4 aliphatic rings. The van der Waals surface area contributed by atoms with Gasteiger partial charge in [-0.2, -0.15) is 0 Å². The predicted octanol–water partition coefficient (Wildman–Crippen LogP) is 3.95. The normalized spacial score (nSPS) is 29.5. The molecule has 9 heteroatoms. The molecular formula is C33H46N4O4S. The van der Waals surface area contributed by atoms with Crippen molar-refractivity contribution in [3.63, 3.8) is 0 Å². The minimum Gasteiger partial charge on any atom is -0.394 e. The number of hydrogen-bond donors (Lipinski definition) is 1. The number of likely N-dealkylation sites (tertiary alicyclic amines) is 1. The number of anilines is 2. The largest absolute Gasteiger partial charge is 0.394 e. The third-order valence-corrected chi connectivity index (χ3v) is 11.1. The molecule has 1 spiro atoms. The summed E-state index contributed by atoms with van der Waals surface area (Å²) in [4.78, 5) is 50.9. The summed E-state index contributed by atoms with van der Waals surface area (Å²) in [5, 5.41) is 10.4. The highest BCUT2D eigenvalue weighted by Gasteiger charge is 2.71. The molecule has 0 aliphatic carbocycles. The second kappa shape index (κ2) is 12.4. The zero-order valence-corrected chi connectivity index (χ0v) is 26.4. The van der Waals surface area contributed by atoms with E-state index in [0.717, 1.165) is 30.9 Å². The zero-order chi connectivity index (χ0) is 30.2. The van der Waals surface area contributed by atoms with Gasteiger partial charge in [0.25, 0.3) is 5.91 Å². The van der Waals surface area contributed by atoms with E-state index in [1.54, 1.807) is 21.6 Å². The minimum absolute atomic E-state index is 0.00599. The van der Waals surface area contributed by atoms with Crippen LogP contribution in [0.25, 0.3) is 0 Å². The molecule has 0 bridgehead atoms. The van der Waals surface area contributed by atoms with Gasteiger partial charge in [-0.3, -0.25) is 14.4 Å². The van der Waals surface area contributed by atoms with Crippen molar-refractivity contribution >= 4 is 40.9 Å². The van der Waals surface area contributed by atoms with Crippen LogP contribution in [-0.2, 0) is 14.4 Å². The van der Waals surface area contributed by atoms with Gasteiger partial charge in [0.2, 0.25) is 11.8 Å². The van der Waals surface area contributed by atoms with Crippen LogP contribution < -0.4 is 9.80 Å². The molecule has 5 rings (SSSR count). The van der Waals surface area contributed by atoms with Crippen molar-refractivity contribution in [1.82, 2.24) is 9.80 Å². The molecule has 1 unspecified atom stereocenters. The smallest absolute Gasteiger partial charge is 0.251 e. The summed E-state index contributed by atoms with van der Waals surface area (Å²) in [7, 11) is 0. The van der Waals surface area contributed by atoms with E-state index in [2.05, 4.69) is 51.7 Å². The standard InChI is InChI=1S/C33H46N4O4S/c1-6-17-35-18-9-11-26-27(30(35)39)28-31(40)37(25(21-38)20-22(4)5)29-32(41)36(19-10-16-33(28,29)42-26)24-14-12-23(13-15-24)34(7-2)8-3/h9-16,22,25-29,38H,6-8,17-21H2,1-5H3/t25-,26+,27-,28+,29?,33+/m1/s1. The van der Waals surface area contributed by atoms with E-state index in [9.17, 15) is 19.5 Å². The van der Waals surface area contributed by atoms with Gasteiger partial charge in [0.1, 0.15) is 6.04 Å². The van der Waals surface area contributed by atoms with Crippen molar-refractivity contribution in [2.45, 2.75) is 69.5 Å². The van der Waals surface area contributed by atoms with Crippen LogP contribution in [0.1, 0.15) is 47.5 Å². The summed E-state index contributed by atoms with van der Waals surface area (Å²) in [5.74, 6) is -1.34. The highest BCUT2D eigenvalue weighted by Crippen LogP contribution is 2.61. The summed E-state index contributed by atoms with van der Waals surface area (Å²) in [6.45, 7) is 13.5. The first-order valence-corrected chi connectivity index (χ1v) is 16.5. The van der Waals surface area contributed by atoms with E-state index in [0.29, 0.717) is 26.1 Å². The first-order chi connectivity index (χ1) is 20.2. The maximum absolute atomic E-state index is 14.8. The monoisotopic (exact) mass is 594 g/mol. The molecule has 42 heavy (non-hydrogen) atoms. The number of amides is 3. The number of benzene rings is 1. The number of aliphatic hydroxyl groups excluding tert-OH is 1. The average molecular weight is 595 g/mol. The number of nitrogens with zero attached hydrogens (tertiary/aromatic N) is 4. The lowest BCUT2D eigenvalue weighted by Crippen LogP contribution is -2.57. The molecule has 3 amide bonds. The fourth-order valence-corrected chi connectivity index (χ4v) is 9.47. The van der Waals surface area contributed by atoms with Gasteiger partial charge in [-0.05, 0) is 56.9 Å². The average Bonchev–Trinajstić information content (AvgIpc) is 3.30. The predicted molar refractivity (Wildman–Crippen MR) is 170 cm³/mol. The molecule has 2 fully saturated rings. The van der Waals surface area contributed by atoms with Gasteiger partial charge in [0.05, 0.1) is 29.2 Å². The molecule has 0 radical (unpaired) electrons. The Morgan fingerprint density at radius 2 is 1.71 bits per heavy atom. The van der Waals surface area contributed by atoms with Crippen LogP contribution in [0.5, 0.6) is 0 Å². The van der Waals surface area contributed by atoms with Crippen molar-refractivity contribution in [2.24, 2.45) is 17.8 Å². The van der Waals surface area contributed by atoms with E-state index < -0.39 is 28.7 Å². The Morgan fingerprint density at radius 1 is 1.00 bits per heavy atom. The van der Waals surface area contributed by atoms with E-state index >= 15 is 0 Å². The van der Waals surface area contributed by atoms with Gasteiger partial charge >= 0.3 is 0 Å². The lowest BCUT2D eigenvalue weighted by atomic mass is 9.78. The van der Waals surface area contributed by atoms with E-state index in [1.807, 2.05) is 41.3 Å². The topological polar surface area (TPSA) is 84.4 Å². The Bertz CT molecular complexity index is 1230. The zero-order valence-electron chi connectivity index (χ0n) is 25.6. The summed E-state index contributed by atoms with van der Waals surface area (Å²) in [5.41, 5.74) is 1.88. The molecule has 1 aromatic rings. The van der Waals surface area contributed by atoms with Crippen LogP contribution in [0.2, 0.25) is 0 Å². The second-order valence-corrected chi connectivity index (χ2v) is 13.8. The number of carbonyl (C=O) groups excluding carboxylic acids is 3. The summed E-state index contributed by atoms with van der Waals surface area (Å²) >= 11 is 1.60. The third kappa shape index (κ3) is 5.06.